The zero-order valence-electron chi connectivity index (χ0n) is 12.3. The third kappa shape index (κ3) is 2.60. The van der Waals surface area contributed by atoms with Crippen molar-refractivity contribution in [1.82, 2.24) is 3.97 Å². The molecule has 0 aliphatic rings. The van der Waals surface area contributed by atoms with Crippen LogP contribution in [0.5, 0.6) is 0 Å². The number of nitrogens with zero attached hydrogens (tertiary/aromatic N) is 2. The Balaban J connectivity index is 2.19. The molecule has 0 atom stereocenters. The van der Waals surface area contributed by atoms with E-state index in [1.807, 2.05) is 13.0 Å². The van der Waals surface area contributed by atoms with Crippen LogP contribution in [0, 0.1) is 24.1 Å². The highest BCUT2D eigenvalue weighted by atomic mass is 32.2. The van der Waals surface area contributed by atoms with Crippen molar-refractivity contribution in [3.05, 3.63) is 65.6 Å². The van der Waals surface area contributed by atoms with Gasteiger partial charge < -0.3 is 0 Å². The molecule has 1 aromatic heterocycles. The summed E-state index contributed by atoms with van der Waals surface area (Å²) < 4.78 is 40.6. The SMILES string of the molecule is Cc1ccc(S(=O)(=O)n2ccc3cc(CC#N)c(F)cc32)cc1. The van der Waals surface area contributed by atoms with Gasteiger partial charge in [-0.05, 0) is 37.3 Å². The Hall–Kier alpha value is -2.65. The smallest absolute Gasteiger partial charge is 0.241 e. The minimum Gasteiger partial charge on any atom is -0.241 e. The normalized spacial score (nSPS) is 11.5. The summed E-state index contributed by atoms with van der Waals surface area (Å²) in [6.07, 6.45) is 1.34. The van der Waals surface area contributed by atoms with Gasteiger partial charge in [-0.2, -0.15) is 5.26 Å². The number of halogens is 1. The maximum absolute atomic E-state index is 14.0. The maximum Gasteiger partial charge on any atom is 0.268 e. The predicted molar refractivity (Wildman–Crippen MR) is 85.0 cm³/mol. The second kappa shape index (κ2) is 5.52. The lowest BCUT2D eigenvalue weighted by atomic mass is 10.1. The van der Waals surface area contributed by atoms with Crippen LogP contribution < -0.4 is 0 Å². The van der Waals surface area contributed by atoms with Crippen molar-refractivity contribution in [3.63, 3.8) is 0 Å². The van der Waals surface area contributed by atoms with Gasteiger partial charge in [0.2, 0.25) is 0 Å². The highest BCUT2D eigenvalue weighted by molar-refractivity contribution is 7.90. The fraction of sp³-hybridized carbons (Fsp3) is 0.118. The van der Waals surface area contributed by atoms with E-state index in [0.717, 1.165) is 15.6 Å². The van der Waals surface area contributed by atoms with Gasteiger partial charge in [0.05, 0.1) is 22.9 Å². The molecule has 3 rings (SSSR count). The van der Waals surface area contributed by atoms with Crippen LogP contribution in [0.2, 0.25) is 0 Å². The molecule has 23 heavy (non-hydrogen) atoms. The van der Waals surface area contributed by atoms with Crippen LogP contribution in [0.15, 0.2) is 53.6 Å². The van der Waals surface area contributed by atoms with Crippen molar-refractivity contribution in [1.29, 1.82) is 5.26 Å². The van der Waals surface area contributed by atoms with Crippen LogP contribution in [-0.4, -0.2) is 12.4 Å². The highest BCUT2D eigenvalue weighted by Crippen LogP contribution is 2.25. The monoisotopic (exact) mass is 328 g/mol. The van der Waals surface area contributed by atoms with Gasteiger partial charge >= 0.3 is 0 Å². The van der Waals surface area contributed by atoms with Gasteiger partial charge in [0.15, 0.2) is 0 Å². The van der Waals surface area contributed by atoms with Crippen LogP contribution in [0.1, 0.15) is 11.1 Å². The van der Waals surface area contributed by atoms with Gasteiger partial charge in [-0.25, -0.2) is 16.8 Å². The van der Waals surface area contributed by atoms with Gasteiger partial charge in [-0.1, -0.05) is 17.7 Å². The Morgan fingerprint density at radius 3 is 2.52 bits per heavy atom. The third-order valence-corrected chi connectivity index (χ3v) is 5.37. The van der Waals surface area contributed by atoms with Gasteiger partial charge in [0.1, 0.15) is 5.82 Å². The first kappa shape index (κ1) is 15.3. The van der Waals surface area contributed by atoms with Gasteiger partial charge in [0, 0.05) is 17.1 Å². The van der Waals surface area contributed by atoms with Crippen LogP contribution in [-0.2, 0) is 16.4 Å². The quantitative estimate of drug-likeness (QED) is 0.740. The Morgan fingerprint density at radius 1 is 1.17 bits per heavy atom. The molecular formula is C17H13FN2O2S. The number of rotatable bonds is 3. The summed E-state index contributed by atoms with van der Waals surface area (Å²) >= 11 is 0. The molecule has 1 heterocycles. The molecule has 0 spiro atoms. The van der Waals surface area contributed by atoms with E-state index in [1.165, 1.54) is 24.4 Å². The summed E-state index contributed by atoms with van der Waals surface area (Å²) in [5, 5.41) is 9.28. The number of aryl methyl sites for hydroxylation is 1. The predicted octanol–water partition coefficient (Wildman–Crippen LogP) is 3.39. The second-order valence-corrected chi connectivity index (χ2v) is 7.08. The van der Waals surface area contributed by atoms with Gasteiger partial charge in [-0.3, -0.25) is 0 Å². The fourth-order valence-electron chi connectivity index (χ4n) is 2.43. The highest BCUT2D eigenvalue weighted by Gasteiger charge is 2.19. The number of aromatic nitrogens is 1. The molecule has 0 saturated heterocycles. The summed E-state index contributed by atoms with van der Waals surface area (Å²) in [7, 11) is -3.80. The molecule has 0 amide bonds. The first-order valence-electron chi connectivity index (χ1n) is 6.92. The molecule has 0 fully saturated rings. The fourth-order valence-corrected chi connectivity index (χ4v) is 3.78. The van der Waals surface area contributed by atoms with Crippen LogP contribution >= 0.6 is 0 Å². The summed E-state index contributed by atoms with van der Waals surface area (Å²) in [4.78, 5) is 0.141. The van der Waals surface area contributed by atoms with Crippen LogP contribution in [0.4, 0.5) is 4.39 Å². The Morgan fingerprint density at radius 2 is 1.87 bits per heavy atom. The molecule has 0 bridgehead atoms. The van der Waals surface area contributed by atoms with Crippen LogP contribution in [0.25, 0.3) is 10.9 Å². The van der Waals surface area contributed by atoms with E-state index in [4.69, 9.17) is 5.26 Å². The number of benzene rings is 2. The van der Waals surface area contributed by atoms with Crippen molar-refractivity contribution in [2.24, 2.45) is 0 Å². The molecule has 0 unspecified atom stereocenters. The standard InChI is InChI=1S/C17H13FN2O2S/c1-12-2-4-15(5-3-12)23(21,22)20-9-7-14-10-13(6-8-19)16(18)11-17(14)20/h2-5,7,9-11H,6H2,1H3. The molecule has 4 nitrogen and oxygen atoms in total. The first-order valence-corrected chi connectivity index (χ1v) is 8.36. The summed E-state index contributed by atoms with van der Waals surface area (Å²) in [5.74, 6) is -0.585. The lowest BCUT2D eigenvalue weighted by Gasteiger charge is -2.08. The minimum atomic E-state index is -3.80. The van der Waals surface area contributed by atoms with E-state index in [1.54, 1.807) is 18.2 Å². The Labute approximate surface area is 133 Å². The molecular weight excluding hydrogens is 315 g/mol. The van der Waals surface area contributed by atoms with Crippen molar-refractivity contribution in [2.45, 2.75) is 18.2 Å². The summed E-state index contributed by atoms with van der Waals surface area (Å²) in [6.45, 7) is 1.87. The van der Waals surface area contributed by atoms with Crippen molar-refractivity contribution < 1.29 is 12.8 Å². The molecule has 116 valence electrons. The number of nitriles is 1. The van der Waals surface area contributed by atoms with Crippen molar-refractivity contribution in [3.8, 4) is 6.07 Å². The summed E-state index contributed by atoms with van der Waals surface area (Å²) in [5.41, 5.74) is 1.46. The van der Waals surface area contributed by atoms with E-state index in [-0.39, 0.29) is 22.4 Å². The molecule has 6 heteroatoms. The zero-order chi connectivity index (χ0) is 16.6. The molecule has 0 N–H and O–H groups in total. The van der Waals surface area contributed by atoms with E-state index in [9.17, 15) is 12.8 Å². The average Bonchev–Trinajstić information content (AvgIpc) is 2.92. The van der Waals surface area contributed by atoms with Crippen LogP contribution in [0.3, 0.4) is 0 Å². The molecule has 3 aromatic rings. The van der Waals surface area contributed by atoms with E-state index in [0.29, 0.717) is 5.39 Å². The van der Waals surface area contributed by atoms with Crippen molar-refractivity contribution >= 4 is 20.9 Å². The lowest BCUT2D eigenvalue weighted by Crippen LogP contribution is -2.12. The average molecular weight is 328 g/mol. The molecule has 0 aliphatic heterocycles. The lowest BCUT2D eigenvalue weighted by molar-refractivity contribution is 0.588. The second-order valence-electron chi connectivity index (χ2n) is 5.27. The molecule has 0 saturated carbocycles. The van der Waals surface area contributed by atoms with E-state index in [2.05, 4.69) is 0 Å². The first-order chi connectivity index (χ1) is 10.9. The van der Waals surface area contributed by atoms with Crippen molar-refractivity contribution in [2.75, 3.05) is 0 Å². The van der Waals surface area contributed by atoms with E-state index < -0.39 is 15.8 Å². The largest absolute Gasteiger partial charge is 0.268 e. The number of hydrogen-bond acceptors (Lipinski definition) is 3. The number of fused-ring (bicyclic) bond motifs is 1. The Kier molecular flexibility index (Phi) is 3.66. The minimum absolute atomic E-state index is 0.0579. The van der Waals surface area contributed by atoms with Gasteiger partial charge in [0.25, 0.3) is 10.0 Å². The van der Waals surface area contributed by atoms with Gasteiger partial charge in [-0.15, -0.1) is 0 Å². The topological polar surface area (TPSA) is 62.9 Å². The zero-order valence-corrected chi connectivity index (χ0v) is 13.1. The Bertz CT molecular complexity index is 1030. The third-order valence-electron chi connectivity index (χ3n) is 3.67. The van der Waals surface area contributed by atoms with E-state index >= 15 is 0 Å². The molecule has 0 radical (unpaired) electrons. The number of hydrogen-bond donors (Lipinski definition) is 0. The summed E-state index contributed by atoms with van der Waals surface area (Å²) in [6, 6.07) is 12.6. The maximum atomic E-state index is 14.0. The molecule has 2 aromatic carbocycles. The molecule has 0 aliphatic carbocycles.